The number of H-pyrrole nitrogens is 1. The third kappa shape index (κ3) is 4.43. The highest BCUT2D eigenvalue weighted by molar-refractivity contribution is 5.96. The molecular weight excluding hydrogens is 402 g/mol. The first-order valence-electron chi connectivity index (χ1n) is 11.5. The third-order valence-electron chi connectivity index (χ3n) is 6.88. The van der Waals surface area contributed by atoms with Crippen LogP contribution in [-0.2, 0) is 16.1 Å². The van der Waals surface area contributed by atoms with Gasteiger partial charge in [0.2, 0.25) is 11.7 Å². The quantitative estimate of drug-likeness (QED) is 0.559. The Balaban J connectivity index is 1.35. The van der Waals surface area contributed by atoms with E-state index in [0.717, 1.165) is 40.3 Å². The summed E-state index contributed by atoms with van der Waals surface area (Å²) in [5.41, 5.74) is 4.74. The minimum atomic E-state index is 0.135. The average molecular weight is 432 g/mol. The minimum Gasteiger partial charge on any atom is -0.380 e. The molecule has 0 saturated heterocycles. The lowest BCUT2D eigenvalue weighted by Crippen LogP contribution is -2.18. The third-order valence-corrected chi connectivity index (χ3v) is 6.88. The highest BCUT2D eigenvalue weighted by atomic mass is 16.5. The molecule has 7 heteroatoms. The zero-order chi connectivity index (χ0) is 21.9. The van der Waals surface area contributed by atoms with E-state index in [9.17, 15) is 4.79 Å². The Bertz CT molecular complexity index is 1060. The maximum Gasteiger partial charge on any atom is 0.227 e. The van der Waals surface area contributed by atoms with Gasteiger partial charge in [0.15, 0.2) is 0 Å². The predicted molar refractivity (Wildman–Crippen MR) is 123 cm³/mol. The van der Waals surface area contributed by atoms with E-state index in [1.54, 1.807) is 7.11 Å². The van der Waals surface area contributed by atoms with Crippen molar-refractivity contribution >= 4 is 11.6 Å². The topological polar surface area (TPSA) is 92.8 Å². The number of aromatic amines is 1. The number of amides is 1. The van der Waals surface area contributed by atoms with Crippen molar-refractivity contribution in [3.63, 3.8) is 0 Å². The Morgan fingerprint density at radius 1 is 1.09 bits per heavy atom. The summed E-state index contributed by atoms with van der Waals surface area (Å²) in [5.74, 6) is 2.09. The molecule has 0 bridgehead atoms. The Morgan fingerprint density at radius 3 is 2.62 bits per heavy atom. The van der Waals surface area contributed by atoms with Gasteiger partial charge in [0.25, 0.3) is 0 Å². The Hall–Kier alpha value is -3.06. The first-order chi connectivity index (χ1) is 15.7. The fourth-order valence-corrected chi connectivity index (χ4v) is 5.12. The van der Waals surface area contributed by atoms with Gasteiger partial charge in [-0.1, -0.05) is 62.4 Å². The molecule has 3 aromatic rings. The predicted octanol–water partition coefficient (Wildman–Crippen LogP) is 4.84. The molecular formula is C25H29N5O2. The minimum absolute atomic E-state index is 0.135. The second-order valence-electron chi connectivity index (χ2n) is 9.02. The first-order valence-corrected chi connectivity index (χ1v) is 11.5. The number of methoxy groups -OCH3 is 1. The maximum atomic E-state index is 12.9. The summed E-state index contributed by atoms with van der Waals surface area (Å²) in [6.45, 7) is 0.575. The largest absolute Gasteiger partial charge is 0.380 e. The summed E-state index contributed by atoms with van der Waals surface area (Å²) < 4.78 is 5.21. The molecule has 2 unspecified atom stereocenters. The molecule has 1 aromatic heterocycles. The van der Waals surface area contributed by atoms with Gasteiger partial charge in [-0.05, 0) is 52.3 Å². The lowest BCUT2D eigenvalue weighted by Gasteiger charge is -2.21. The van der Waals surface area contributed by atoms with E-state index in [-0.39, 0.29) is 11.8 Å². The molecule has 0 radical (unpaired) electrons. The van der Waals surface area contributed by atoms with Gasteiger partial charge in [-0.25, -0.2) is 0 Å². The van der Waals surface area contributed by atoms with Crippen LogP contribution in [-0.4, -0.2) is 33.6 Å². The normalized spacial score (nSPS) is 20.8. The highest BCUT2D eigenvalue weighted by Gasteiger charge is 2.47. The summed E-state index contributed by atoms with van der Waals surface area (Å²) in [7, 11) is 1.69. The van der Waals surface area contributed by atoms with Crippen molar-refractivity contribution in [3.8, 4) is 22.5 Å². The van der Waals surface area contributed by atoms with Crippen LogP contribution in [0.15, 0.2) is 42.5 Å². The van der Waals surface area contributed by atoms with Gasteiger partial charge in [-0.15, -0.1) is 10.2 Å². The number of rotatable bonds is 7. The van der Waals surface area contributed by atoms with E-state index in [0.29, 0.717) is 18.3 Å². The summed E-state index contributed by atoms with van der Waals surface area (Å²) in [6.07, 6.45) is 7.58. The molecule has 2 aromatic carbocycles. The molecule has 1 heterocycles. The van der Waals surface area contributed by atoms with Gasteiger partial charge in [-0.2, -0.15) is 5.21 Å². The average Bonchev–Trinajstić information content (AvgIpc) is 3.45. The molecule has 5 rings (SSSR count). The molecule has 2 N–H and O–H groups in total. The summed E-state index contributed by atoms with van der Waals surface area (Å²) in [6, 6.07) is 14.1. The van der Waals surface area contributed by atoms with E-state index in [4.69, 9.17) is 4.74 Å². The lowest BCUT2D eigenvalue weighted by atomic mass is 9.85. The Kier molecular flexibility index (Phi) is 5.99. The number of hydrogen-bond acceptors (Lipinski definition) is 5. The molecule has 0 spiro atoms. The smallest absolute Gasteiger partial charge is 0.227 e. The number of aromatic nitrogens is 4. The number of carbonyl (C=O) groups is 1. The van der Waals surface area contributed by atoms with Crippen molar-refractivity contribution in [1.82, 2.24) is 20.6 Å². The number of benzene rings is 2. The van der Waals surface area contributed by atoms with Crippen molar-refractivity contribution in [1.29, 1.82) is 0 Å². The lowest BCUT2D eigenvalue weighted by molar-refractivity contribution is -0.117. The zero-order valence-electron chi connectivity index (χ0n) is 18.4. The maximum absolute atomic E-state index is 12.9. The fraction of sp³-hybridized carbons (Fsp3) is 0.440. The number of hydrogen-bond donors (Lipinski definition) is 2. The molecule has 2 aliphatic carbocycles. The van der Waals surface area contributed by atoms with Crippen LogP contribution < -0.4 is 5.32 Å². The van der Waals surface area contributed by atoms with Crippen LogP contribution in [0.25, 0.3) is 22.5 Å². The van der Waals surface area contributed by atoms with Crippen LogP contribution >= 0.6 is 0 Å². The standard InChI is InChI=1S/C25H29N5O2/c1-32-15-16-7-9-18(10-8-16)20-12-11-19(13-22(20)24-27-29-30-28-24)26-25(31)23-14-21(23)17-5-3-2-4-6-17/h7-13,17,21,23H,2-6,14-15H2,1H3,(H,26,31)(H,27,28,29,30). The second-order valence-corrected chi connectivity index (χ2v) is 9.02. The van der Waals surface area contributed by atoms with Crippen LogP contribution in [0.4, 0.5) is 5.69 Å². The van der Waals surface area contributed by atoms with Crippen LogP contribution in [0.2, 0.25) is 0 Å². The van der Waals surface area contributed by atoms with Crippen molar-refractivity contribution in [2.45, 2.75) is 45.1 Å². The van der Waals surface area contributed by atoms with E-state index >= 15 is 0 Å². The van der Waals surface area contributed by atoms with Crippen molar-refractivity contribution in [2.24, 2.45) is 17.8 Å². The van der Waals surface area contributed by atoms with Crippen molar-refractivity contribution in [2.75, 3.05) is 12.4 Å². The molecule has 2 fully saturated rings. The molecule has 2 aliphatic rings. The zero-order valence-corrected chi connectivity index (χ0v) is 18.4. The van der Waals surface area contributed by atoms with Crippen molar-refractivity contribution < 1.29 is 9.53 Å². The van der Waals surface area contributed by atoms with E-state index in [1.807, 2.05) is 30.3 Å². The fourth-order valence-electron chi connectivity index (χ4n) is 5.12. The molecule has 7 nitrogen and oxygen atoms in total. The molecule has 0 aliphatic heterocycles. The van der Waals surface area contributed by atoms with Crippen LogP contribution in [0.5, 0.6) is 0 Å². The van der Waals surface area contributed by atoms with Gasteiger partial charge >= 0.3 is 0 Å². The Morgan fingerprint density at radius 2 is 1.91 bits per heavy atom. The number of nitrogens with zero attached hydrogens (tertiary/aromatic N) is 3. The van der Waals surface area contributed by atoms with E-state index in [2.05, 4.69) is 38.1 Å². The molecule has 1 amide bonds. The monoisotopic (exact) mass is 431 g/mol. The molecule has 2 saturated carbocycles. The number of ether oxygens (including phenoxy) is 1. The Labute approximate surface area is 188 Å². The van der Waals surface area contributed by atoms with E-state index < -0.39 is 0 Å². The number of nitrogens with one attached hydrogen (secondary N) is 2. The van der Waals surface area contributed by atoms with Crippen molar-refractivity contribution in [3.05, 3.63) is 48.0 Å². The summed E-state index contributed by atoms with van der Waals surface area (Å²) in [4.78, 5) is 12.9. The van der Waals surface area contributed by atoms with Crippen LogP contribution in [0.1, 0.15) is 44.1 Å². The first kappa shape index (κ1) is 20.8. The van der Waals surface area contributed by atoms with Gasteiger partial charge in [0.1, 0.15) is 0 Å². The summed E-state index contributed by atoms with van der Waals surface area (Å²) >= 11 is 0. The van der Waals surface area contributed by atoms with Crippen LogP contribution in [0, 0.1) is 17.8 Å². The van der Waals surface area contributed by atoms with Gasteiger partial charge in [0.05, 0.1) is 6.61 Å². The number of carbonyl (C=O) groups excluding carboxylic acids is 1. The van der Waals surface area contributed by atoms with Gasteiger partial charge in [0, 0.05) is 24.3 Å². The molecule has 32 heavy (non-hydrogen) atoms. The highest BCUT2D eigenvalue weighted by Crippen LogP contribution is 2.49. The number of tetrazole rings is 1. The molecule has 166 valence electrons. The van der Waals surface area contributed by atoms with Crippen LogP contribution in [0.3, 0.4) is 0 Å². The summed E-state index contributed by atoms with van der Waals surface area (Å²) in [5, 5.41) is 17.8. The SMILES string of the molecule is COCc1ccc(-c2ccc(NC(=O)C3CC3C3CCCCC3)cc2-c2nn[nH]n2)cc1. The van der Waals surface area contributed by atoms with Gasteiger partial charge in [-0.3, -0.25) is 4.79 Å². The van der Waals surface area contributed by atoms with Gasteiger partial charge < -0.3 is 10.1 Å². The molecule has 2 atom stereocenters. The van der Waals surface area contributed by atoms with E-state index in [1.165, 1.54) is 32.1 Å². The number of anilines is 1. The second kappa shape index (κ2) is 9.20.